The minimum Gasteiger partial charge on any atom is -0.493 e. The van der Waals surface area contributed by atoms with Crippen LogP contribution in [0.3, 0.4) is 0 Å². The van der Waals surface area contributed by atoms with Crippen LogP contribution in [0.1, 0.15) is 138 Å². The maximum atomic E-state index is 14.3. The Labute approximate surface area is 503 Å². The maximum absolute atomic E-state index is 14.3. The molecule has 0 spiro atoms. The molecule has 2 amide bonds. The number of fused-ring (bicyclic) bond motifs is 6. The van der Waals surface area contributed by atoms with Crippen molar-refractivity contribution in [3.8, 4) is 34.4 Å². The van der Waals surface area contributed by atoms with Gasteiger partial charge < -0.3 is 56.8 Å². The van der Waals surface area contributed by atoms with Gasteiger partial charge in [-0.05, 0) is 152 Å². The number of ether oxygens (including phenoxy) is 8. The third-order valence-electron chi connectivity index (χ3n) is 16.9. The standard InChI is InChI=1S/2C33H39ClN2O6/c2*1-6-41-28(37)19-21-14-17-35(18-15-21)32(38)33(2,3)31-26-10-8-16-36(26)25-13-12-22(34)20-24(25)29(42-31)23-9-7-11-27(39-4)30(23)40-5/h2*7-13,16,20-21,29,31H,6,14-15,17-19H2,1-5H3/t2*29-,31+/m10/s1. The minimum atomic E-state index is -0.930. The number of rotatable bonds is 16. The van der Waals surface area contributed by atoms with Gasteiger partial charge in [0.25, 0.3) is 0 Å². The number of carbonyl (C=O) groups excluding carboxylic acids is 4. The number of benzene rings is 4. The third-order valence-corrected chi connectivity index (χ3v) is 17.3. The van der Waals surface area contributed by atoms with Gasteiger partial charge in [0.05, 0.1) is 75.2 Å². The fourth-order valence-corrected chi connectivity index (χ4v) is 12.9. The number of carbonyl (C=O) groups is 4. The molecule has 0 N–H and O–H groups in total. The summed E-state index contributed by atoms with van der Waals surface area (Å²) >= 11 is 13.1. The molecule has 4 atom stereocenters. The molecule has 0 unspecified atom stereocenters. The average Bonchev–Trinajstić information content (AvgIpc) is 1.77. The van der Waals surface area contributed by atoms with E-state index in [0.717, 1.165) is 70.7 Å². The zero-order valence-corrected chi connectivity index (χ0v) is 51.3. The smallest absolute Gasteiger partial charge is 0.306 e. The van der Waals surface area contributed by atoms with Crippen LogP contribution >= 0.6 is 23.2 Å². The van der Waals surface area contributed by atoms with E-state index < -0.39 is 35.2 Å². The number of likely N-dealkylation sites (tertiary alicyclic amines) is 2. The second-order valence-electron chi connectivity index (χ2n) is 22.9. The molecule has 0 bridgehead atoms. The van der Waals surface area contributed by atoms with E-state index in [-0.39, 0.29) is 35.6 Å². The Balaban J connectivity index is 0.000000202. The van der Waals surface area contributed by atoms with Gasteiger partial charge in [-0.2, -0.15) is 0 Å². The summed E-state index contributed by atoms with van der Waals surface area (Å²) in [4.78, 5) is 56.4. The van der Waals surface area contributed by atoms with Crippen LogP contribution in [-0.2, 0) is 38.1 Å². The first kappa shape index (κ1) is 61.6. The van der Waals surface area contributed by atoms with Crippen LogP contribution in [0, 0.1) is 22.7 Å². The van der Waals surface area contributed by atoms with E-state index in [2.05, 4.69) is 9.13 Å². The Morgan fingerprint density at radius 2 is 0.893 bits per heavy atom. The van der Waals surface area contributed by atoms with E-state index in [1.165, 1.54) is 0 Å². The van der Waals surface area contributed by atoms with Crippen molar-refractivity contribution >= 4 is 47.0 Å². The number of aromatic nitrogens is 2. The van der Waals surface area contributed by atoms with Crippen molar-refractivity contribution in [1.82, 2.24) is 18.9 Å². The second-order valence-corrected chi connectivity index (χ2v) is 23.8. The monoisotopic (exact) mass is 1190 g/mol. The first-order valence-electron chi connectivity index (χ1n) is 29.0. The highest BCUT2D eigenvalue weighted by molar-refractivity contribution is 6.31. The van der Waals surface area contributed by atoms with Crippen molar-refractivity contribution in [1.29, 1.82) is 0 Å². The number of nitrogens with zero attached hydrogens (tertiary/aromatic N) is 4. The molecular weight excluding hydrogens is 1110 g/mol. The molecule has 2 saturated heterocycles. The summed E-state index contributed by atoms with van der Waals surface area (Å²) in [6.07, 6.45) is 5.39. The van der Waals surface area contributed by atoms with Gasteiger partial charge >= 0.3 is 11.9 Å². The van der Waals surface area contributed by atoms with E-state index in [1.54, 1.807) is 28.4 Å². The number of piperidine rings is 2. The molecule has 2 fully saturated rings. The summed E-state index contributed by atoms with van der Waals surface area (Å²) in [6, 6.07) is 30.9. The fraction of sp³-hybridized carbons (Fsp3) is 0.455. The number of halogens is 2. The number of esters is 2. The van der Waals surface area contributed by atoms with Crippen LogP contribution in [0.15, 0.2) is 109 Å². The Hall–Kier alpha value is -6.98. The van der Waals surface area contributed by atoms with Crippen LogP contribution in [0.2, 0.25) is 10.0 Å². The van der Waals surface area contributed by atoms with Gasteiger partial charge in [-0.3, -0.25) is 19.2 Å². The van der Waals surface area contributed by atoms with E-state index in [1.807, 2.05) is 161 Å². The summed E-state index contributed by atoms with van der Waals surface area (Å²) in [6.45, 7) is 14.5. The molecule has 0 radical (unpaired) electrons. The van der Waals surface area contributed by atoms with E-state index in [4.69, 9.17) is 61.1 Å². The van der Waals surface area contributed by atoms with E-state index in [9.17, 15) is 19.2 Å². The average molecular weight is 1190 g/mol. The number of para-hydroxylation sites is 2. The van der Waals surface area contributed by atoms with Crippen LogP contribution in [0.4, 0.5) is 0 Å². The molecule has 0 saturated carbocycles. The van der Waals surface area contributed by atoms with Crippen LogP contribution in [0.25, 0.3) is 11.4 Å². The molecule has 4 aliphatic heterocycles. The Morgan fingerprint density at radius 1 is 0.512 bits per heavy atom. The van der Waals surface area contributed by atoms with Gasteiger partial charge in [0, 0.05) is 83.7 Å². The largest absolute Gasteiger partial charge is 0.493 e. The highest BCUT2D eigenvalue weighted by Gasteiger charge is 2.49. The Morgan fingerprint density at radius 3 is 1.24 bits per heavy atom. The molecule has 84 heavy (non-hydrogen) atoms. The normalized spacial score (nSPS) is 19.0. The first-order valence-corrected chi connectivity index (χ1v) is 29.7. The van der Waals surface area contributed by atoms with Crippen molar-refractivity contribution in [3.63, 3.8) is 0 Å². The van der Waals surface area contributed by atoms with Gasteiger partial charge in [0.15, 0.2) is 23.0 Å². The van der Waals surface area contributed by atoms with Crippen LogP contribution in [-0.4, -0.2) is 111 Å². The molecule has 6 aromatic rings. The lowest BCUT2D eigenvalue weighted by Gasteiger charge is -2.40. The molecule has 4 aromatic carbocycles. The van der Waals surface area contributed by atoms with Gasteiger partial charge in [-0.15, -0.1) is 0 Å². The molecule has 4 aliphatic rings. The molecule has 16 nitrogen and oxygen atoms in total. The van der Waals surface area contributed by atoms with Gasteiger partial charge in [0.2, 0.25) is 11.8 Å². The lowest BCUT2D eigenvalue weighted by atomic mass is 9.81. The quantitative estimate of drug-likeness (QED) is 0.0846. The molecule has 448 valence electrons. The zero-order chi connectivity index (χ0) is 60.0. The van der Waals surface area contributed by atoms with Crippen molar-refractivity contribution in [2.24, 2.45) is 22.7 Å². The van der Waals surface area contributed by atoms with E-state index >= 15 is 0 Å². The number of hydrogen-bond donors (Lipinski definition) is 0. The van der Waals surface area contributed by atoms with Crippen molar-refractivity contribution < 1.29 is 57.1 Å². The lowest BCUT2D eigenvalue weighted by molar-refractivity contribution is -0.156. The highest BCUT2D eigenvalue weighted by atomic mass is 35.5. The molecule has 10 rings (SSSR count). The summed E-state index contributed by atoms with van der Waals surface area (Å²) in [5.41, 5.74) is 4.99. The first-order chi connectivity index (χ1) is 40.4. The van der Waals surface area contributed by atoms with Crippen molar-refractivity contribution in [3.05, 3.63) is 153 Å². The van der Waals surface area contributed by atoms with Crippen LogP contribution < -0.4 is 18.9 Å². The summed E-state index contributed by atoms with van der Waals surface area (Å²) < 4.78 is 51.5. The molecule has 0 aliphatic carbocycles. The second kappa shape index (κ2) is 26.5. The molecule has 18 heteroatoms. The van der Waals surface area contributed by atoms with E-state index in [0.29, 0.717) is 85.3 Å². The molecular formula is C66H78Cl2N4O12. The number of hydrogen-bond acceptors (Lipinski definition) is 12. The number of amides is 2. The minimum absolute atomic E-state index is 0.00943. The summed E-state index contributed by atoms with van der Waals surface area (Å²) in [5.74, 6) is 2.40. The summed E-state index contributed by atoms with van der Waals surface area (Å²) in [5, 5.41) is 1.16. The van der Waals surface area contributed by atoms with Crippen molar-refractivity contribution in [2.75, 3.05) is 67.8 Å². The van der Waals surface area contributed by atoms with Gasteiger partial charge in [-0.1, -0.05) is 47.5 Å². The zero-order valence-electron chi connectivity index (χ0n) is 49.8. The predicted molar refractivity (Wildman–Crippen MR) is 321 cm³/mol. The Kier molecular flexibility index (Phi) is 19.4. The topological polar surface area (TPSA) is 158 Å². The van der Waals surface area contributed by atoms with Gasteiger partial charge in [0.1, 0.15) is 24.4 Å². The highest BCUT2D eigenvalue weighted by Crippen LogP contribution is 2.53. The lowest BCUT2D eigenvalue weighted by Crippen LogP contribution is -2.48. The Bertz CT molecular complexity index is 3100. The molecule has 2 aromatic heterocycles. The maximum Gasteiger partial charge on any atom is 0.306 e. The number of methoxy groups -OCH3 is 4. The van der Waals surface area contributed by atoms with Gasteiger partial charge in [-0.25, -0.2) is 0 Å². The van der Waals surface area contributed by atoms with Crippen molar-refractivity contribution in [2.45, 2.75) is 104 Å². The summed E-state index contributed by atoms with van der Waals surface area (Å²) in [7, 11) is 6.42. The molecule has 6 heterocycles. The SMILES string of the molecule is CCOC(=O)CC1CCN(C(=O)C(C)(C)[C@@H]2O[C@@H](c3cccc(OC)c3OC)c3cc(Cl)ccc3-n3cccc32)CC1.CCOC(=O)CC1CCN(C(=O)C(C)(C)[C@H]2O[C@H](c3cccc(OC)c3OC)c3cc(Cl)ccc3-n3cccc32)CC1. The predicted octanol–water partition coefficient (Wildman–Crippen LogP) is 13.1. The van der Waals surface area contributed by atoms with Crippen LogP contribution in [0.5, 0.6) is 23.0 Å². The third kappa shape index (κ3) is 12.5. The fourth-order valence-electron chi connectivity index (χ4n) is 12.6.